The summed E-state index contributed by atoms with van der Waals surface area (Å²) in [5, 5.41) is 7.78. The number of nitrogens with zero attached hydrogens (tertiary/aromatic N) is 6. The number of urea groups is 1. The van der Waals surface area contributed by atoms with Gasteiger partial charge in [0.15, 0.2) is 5.69 Å². The van der Waals surface area contributed by atoms with Crippen molar-refractivity contribution >= 4 is 23.6 Å². The zero-order valence-electron chi connectivity index (χ0n) is 15.2. The number of nitrogens with two attached hydrogens (primary N) is 1. The highest BCUT2D eigenvalue weighted by molar-refractivity contribution is 5.94. The number of piperidine rings is 1. The third-order valence-electron chi connectivity index (χ3n) is 5.08. The van der Waals surface area contributed by atoms with Crippen LogP contribution in [0.2, 0.25) is 0 Å². The first-order chi connectivity index (χ1) is 13.5. The van der Waals surface area contributed by atoms with Crippen molar-refractivity contribution in [3.8, 4) is 0 Å². The molecule has 2 aromatic rings. The van der Waals surface area contributed by atoms with Crippen molar-refractivity contribution < 1.29 is 14.0 Å². The van der Waals surface area contributed by atoms with E-state index in [1.165, 1.54) is 18.3 Å². The highest BCUT2D eigenvalue weighted by Crippen LogP contribution is 2.26. The lowest BCUT2D eigenvalue weighted by atomic mass is 10.0. The molecule has 1 unspecified atom stereocenters. The van der Waals surface area contributed by atoms with Crippen molar-refractivity contribution in [1.29, 1.82) is 0 Å². The number of hydrogen-bond acceptors (Lipinski definition) is 6. The maximum absolute atomic E-state index is 13.5. The van der Waals surface area contributed by atoms with Gasteiger partial charge < -0.3 is 15.5 Å². The van der Waals surface area contributed by atoms with E-state index in [4.69, 9.17) is 5.73 Å². The lowest BCUT2D eigenvalue weighted by Gasteiger charge is -2.37. The van der Waals surface area contributed by atoms with Gasteiger partial charge in [-0.25, -0.2) is 14.2 Å². The molecule has 9 nitrogen and oxygen atoms in total. The predicted octanol–water partition coefficient (Wildman–Crippen LogP) is 1.02. The number of rotatable bonds is 4. The molecular formula is C18H20FN7O2. The molecule has 1 atom stereocenters. The van der Waals surface area contributed by atoms with Crippen LogP contribution in [0.4, 0.5) is 20.8 Å². The summed E-state index contributed by atoms with van der Waals surface area (Å²) in [4.78, 5) is 33.5. The standard InChI is InChI=1S/C18H20FN7O2/c19-12-3-1-4-13(9-12)25-7-8-26(18(25)28)14-5-2-6-24(11-14)17-21-10-15(16(20)27)22-23-17/h1,3-4,9-10,14H,2,5-8,11H2,(H2,20,27). The quantitative estimate of drug-likeness (QED) is 0.842. The molecule has 3 heterocycles. The summed E-state index contributed by atoms with van der Waals surface area (Å²) >= 11 is 0. The lowest BCUT2D eigenvalue weighted by Crippen LogP contribution is -2.50. The number of amides is 3. The van der Waals surface area contributed by atoms with Gasteiger partial charge in [0.1, 0.15) is 5.82 Å². The zero-order chi connectivity index (χ0) is 19.7. The van der Waals surface area contributed by atoms with Gasteiger partial charge in [0.25, 0.3) is 5.91 Å². The molecule has 2 aliphatic rings. The van der Waals surface area contributed by atoms with Gasteiger partial charge >= 0.3 is 6.03 Å². The monoisotopic (exact) mass is 385 g/mol. The molecule has 1 aromatic heterocycles. The molecular weight excluding hydrogens is 365 g/mol. The molecule has 146 valence electrons. The number of carbonyl (C=O) groups excluding carboxylic acids is 2. The number of primary amides is 1. The van der Waals surface area contributed by atoms with E-state index in [0.717, 1.165) is 19.4 Å². The maximum atomic E-state index is 13.5. The highest BCUT2D eigenvalue weighted by Gasteiger charge is 2.37. The summed E-state index contributed by atoms with van der Waals surface area (Å²) in [6.07, 6.45) is 3.04. The second-order valence-electron chi connectivity index (χ2n) is 6.86. The molecule has 28 heavy (non-hydrogen) atoms. The van der Waals surface area contributed by atoms with Crippen molar-refractivity contribution in [2.75, 3.05) is 36.0 Å². The minimum Gasteiger partial charge on any atom is -0.364 e. The lowest BCUT2D eigenvalue weighted by molar-refractivity contribution is 0.0994. The Morgan fingerprint density at radius 3 is 2.79 bits per heavy atom. The van der Waals surface area contributed by atoms with Crippen LogP contribution in [0, 0.1) is 5.82 Å². The molecule has 10 heteroatoms. The summed E-state index contributed by atoms with van der Waals surface area (Å²) in [5.74, 6) is -0.636. The number of hydrogen-bond donors (Lipinski definition) is 1. The Hall–Kier alpha value is -3.30. The molecule has 0 radical (unpaired) electrons. The van der Waals surface area contributed by atoms with Crippen LogP contribution in [0.3, 0.4) is 0 Å². The Bertz CT molecular complexity index is 892. The number of aromatic nitrogens is 3. The minimum atomic E-state index is -0.678. The first kappa shape index (κ1) is 18.1. The SMILES string of the molecule is NC(=O)c1cnc(N2CCCC(N3CCN(c4cccc(F)c4)C3=O)C2)nn1. The van der Waals surface area contributed by atoms with Crippen LogP contribution in [-0.2, 0) is 0 Å². The van der Waals surface area contributed by atoms with E-state index in [2.05, 4.69) is 15.2 Å². The summed E-state index contributed by atoms with van der Waals surface area (Å²) in [5.41, 5.74) is 5.74. The average molecular weight is 385 g/mol. The Morgan fingerprint density at radius 1 is 1.21 bits per heavy atom. The van der Waals surface area contributed by atoms with E-state index in [1.807, 2.05) is 9.80 Å². The smallest absolute Gasteiger partial charge is 0.324 e. The fraction of sp³-hybridized carbons (Fsp3) is 0.389. The summed E-state index contributed by atoms with van der Waals surface area (Å²) in [7, 11) is 0. The van der Waals surface area contributed by atoms with Crippen molar-refractivity contribution in [2.45, 2.75) is 18.9 Å². The third kappa shape index (κ3) is 3.45. The normalized spacial score (nSPS) is 20.0. The van der Waals surface area contributed by atoms with Gasteiger partial charge in [0.2, 0.25) is 5.95 Å². The van der Waals surface area contributed by atoms with Crippen LogP contribution in [0.25, 0.3) is 0 Å². The maximum Gasteiger partial charge on any atom is 0.324 e. The molecule has 3 amide bonds. The fourth-order valence-corrected chi connectivity index (χ4v) is 3.69. The van der Waals surface area contributed by atoms with Gasteiger partial charge in [-0.3, -0.25) is 9.69 Å². The largest absolute Gasteiger partial charge is 0.364 e. The summed E-state index contributed by atoms with van der Waals surface area (Å²) in [6.45, 7) is 2.40. The van der Waals surface area contributed by atoms with Gasteiger partial charge in [-0.1, -0.05) is 6.07 Å². The van der Waals surface area contributed by atoms with Crippen LogP contribution in [0.5, 0.6) is 0 Å². The number of halogens is 1. The van der Waals surface area contributed by atoms with Gasteiger partial charge in [0, 0.05) is 31.9 Å². The second kappa shape index (κ2) is 7.37. The molecule has 2 fully saturated rings. The van der Waals surface area contributed by atoms with Crippen LogP contribution in [0.1, 0.15) is 23.3 Å². The van der Waals surface area contributed by atoms with Crippen LogP contribution in [-0.4, -0.2) is 64.2 Å². The number of anilines is 2. The van der Waals surface area contributed by atoms with Crippen molar-refractivity contribution in [3.05, 3.63) is 42.0 Å². The topological polar surface area (TPSA) is 109 Å². The van der Waals surface area contributed by atoms with Crippen LogP contribution in [0.15, 0.2) is 30.5 Å². The molecule has 2 aliphatic heterocycles. The van der Waals surface area contributed by atoms with Crippen molar-refractivity contribution in [2.24, 2.45) is 5.73 Å². The van der Waals surface area contributed by atoms with E-state index in [1.54, 1.807) is 17.0 Å². The third-order valence-corrected chi connectivity index (χ3v) is 5.08. The summed E-state index contributed by atoms with van der Waals surface area (Å²) in [6, 6.07) is 5.94. The minimum absolute atomic E-state index is 0.000717. The Kier molecular flexibility index (Phi) is 4.76. The molecule has 0 aliphatic carbocycles. The van der Waals surface area contributed by atoms with Crippen molar-refractivity contribution in [1.82, 2.24) is 20.1 Å². The summed E-state index contributed by atoms with van der Waals surface area (Å²) < 4.78 is 13.5. The average Bonchev–Trinajstić information content (AvgIpc) is 3.09. The molecule has 4 rings (SSSR count). The van der Waals surface area contributed by atoms with Gasteiger partial charge in [-0.05, 0) is 31.0 Å². The van der Waals surface area contributed by atoms with E-state index in [9.17, 15) is 14.0 Å². The fourth-order valence-electron chi connectivity index (χ4n) is 3.69. The number of carbonyl (C=O) groups is 2. The van der Waals surface area contributed by atoms with E-state index >= 15 is 0 Å². The Labute approximate surface area is 160 Å². The molecule has 0 bridgehead atoms. The first-order valence-corrected chi connectivity index (χ1v) is 9.11. The first-order valence-electron chi connectivity index (χ1n) is 9.11. The molecule has 1 aromatic carbocycles. The van der Waals surface area contributed by atoms with Gasteiger partial charge in [-0.15, -0.1) is 10.2 Å². The van der Waals surface area contributed by atoms with Crippen LogP contribution < -0.4 is 15.5 Å². The molecule has 2 saturated heterocycles. The second-order valence-corrected chi connectivity index (χ2v) is 6.86. The van der Waals surface area contributed by atoms with E-state index in [0.29, 0.717) is 31.3 Å². The van der Waals surface area contributed by atoms with Gasteiger partial charge in [-0.2, -0.15) is 0 Å². The Balaban J connectivity index is 1.46. The Morgan fingerprint density at radius 2 is 2.07 bits per heavy atom. The highest BCUT2D eigenvalue weighted by atomic mass is 19.1. The van der Waals surface area contributed by atoms with Crippen molar-refractivity contribution in [3.63, 3.8) is 0 Å². The predicted molar refractivity (Wildman–Crippen MR) is 99.4 cm³/mol. The molecule has 0 saturated carbocycles. The molecule has 2 N–H and O–H groups in total. The molecule has 0 spiro atoms. The zero-order valence-corrected chi connectivity index (χ0v) is 15.2. The van der Waals surface area contributed by atoms with E-state index < -0.39 is 5.91 Å². The number of benzene rings is 1. The van der Waals surface area contributed by atoms with Crippen LogP contribution >= 0.6 is 0 Å². The van der Waals surface area contributed by atoms with Gasteiger partial charge in [0.05, 0.1) is 12.2 Å². The van der Waals surface area contributed by atoms with E-state index in [-0.39, 0.29) is 23.6 Å².